The molecule has 0 radical (unpaired) electrons. The van der Waals surface area contributed by atoms with Gasteiger partial charge in [0.15, 0.2) is 0 Å². The fraction of sp³-hybridized carbons (Fsp3) is 0.222. The van der Waals surface area contributed by atoms with Crippen LogP contribution in [0.25, 0.3) is 5.69 Å². The van der Waals surface area contributed by atoms with Crippen molar-refractivity contribution in [1.29, 1.82) is 0 Å². The molecule has 124 valence electrons. The number of carbonyl (C=O) groups excluding carboxylic acids is 1. The van der Waals surface area contributed by atoms with Crippen molar-refractivity contribution in [2.45, 2.75) is 19.9 Å². The lowest BCUT2D eigenvalue weighted by atomic mass is 10.1. The highest BCUT2D eigenvalue weighted by Gasteiger charge is 2.17. The van der Waals surface area contributed by atoms with Crippen molar-refractivity contribution < 1.29 is 13.9 Å². The molecule has 6 nitrogen and oxygen atoms in total. The van der Waals surface area contributed by atoms with Crippen LogP contribution < -0.4 is 10.1 Å². The molecule has 1 aromatic carbocycles. The first-order chi connectivity index (χ1) is 11.6. The van der Waals surface area contributed by atoms with Crippen LogP contribution in [0.2, 0.25) is 0 Å². The van der Waals surface area contributed by atoms with Crippen LogP contribution in [-0.2, 0) is 0 Å². The lowest BCUT2D eigenvalue weighted by Crippen LogP contribution is -2.26. The fourth-order valence-corrected chi connectivity index (χ4v) is 2.49. The standard InChI is InChI=1S/C18H19N3O3/c1-12(20-18(22)15-8-9-24-13(15)2)14-10-19-21(11-14)16-6-4-5-7-17(16)23-3/h4-12H,1-3H3,(H,20,22)/t12-/m0/s1. The molecule has 2 aromatic heterocycles. The molecule has 0 saturated heterocycles. The first kappa shape index (κ1) is 15.9. The van der Waals surface area contributed by atoms with Gasteiger partial charge in [0.05, 0.1) is 31.2 Å². The minimum atomic E-state index is -0.185. The van der Waals surface area contributed by atoms with Gasteiger partial charge < -0.3 is 14.5 Å². The maximum Gasteiger partial charge on any atom is 0.255 e. The molecule has 1 N–H and O–H groups in total. The second-order valence-electron chi connectivity index (χ2n) is 5.48. The summed E-state index contributed by atoms with van der Waals surface area (Å²) in [4.78, 5) is 12.3. The van der Waals surface area contributed by atoms with Gasteiger partial charge in [0, 0.05) is 11.8 Å². The smallest absolute Gasteiger partial charge is 0.255 e. The van der Waals surface area contributed by atoms with Gasteiger partial charge in [-0.1, -0.05) is 12.1 Å². The zero-order chi connectivity index (χ0) is 17.1. The Morgan fingerprint density at radius 3 is 2.83 bits per heavy atom. The number of nitrogens with one attached hydrogen (secondary N) is 1. The Balaban J connectivity index is 1.78. The first-order valence-corrected chi connectivity index (χ1v) is 7.63. The van der Waals surface area contributed by atoms with E-state index in [0.717, 1.165) is 17.0 Å². The average molecular weight is 325 g/mol. The Kier molecular flexibility index (Phi) is 4.37. The summed E-state index contributed by atoms with van der Waals surface area (Å²) in [5, 5.41) is 7.32. The van der Waals surface area contributed by atoms with Crippen LogP contribution in [-0.4, -0.2) is 22.8 Å². The summed E-state index contributed by atoms with van der Waals surface area (Å²) in [5.74, 6) is 1.17. The van der Waals surface area contributed by atoms with Crippen molar-refractivity contribution in [2.75, 3.05) is 7.11 Å². The van der Waals surface area contributed by atoms with E-state index in [9.17, 15) is 4.79 Å². The maximum atomic E-state index is 12.3. The van der Waals surface area contributed by atoms with Crippen LogP contribution in [0.4, 0.5) is 0 Å². The van der Waals surface area contributed by atoms with Crippen molar-refractivity contribution >= 4 is 5.91 Å². The quantitative estimate of drug-likeness (QED) is 0.781. The number of aromatic nitrogens is 2. The molecule has 1 amide bonds. The van der Waals surface area contributed by atoms with Gasteiger partial charge in [0.25, 0.3) is 5.91 Å². The van der Waals surface area contributed by atoms with E-state index < -0.39 is 0 Å². The third-order valence-electron chi connectivity index (χ3n) is 3.89. The highest BCUT2D eigenvalue weighted by molar-refractivity contribution is 5.95. The van der Waals surface area contributed by atoms with Gasteiger partial charge in [-0.25, -0.2) is 4.68 Å². The van der Waals surface area contributed by atoms with Crippen LogP contribution in [0.15, 0.2) is 53.4 Å². The summed E-state index contributed by atoms with van der Waals surface area (Å²) >= 11 is 0. The molecular weight excluding hydrogens is 306 g/mol. The molecule has 0 spiro atoms. The molecule has 0 saturated carbocycles. The van der Waals surface area contributed by atoms with E-state index in [2.05, 4.69) is 10.4 Å². The predicted molar refractivity (Wildman–Crippen MR) is 89.4 cm³/mol. The average Bonchev–Trinajstić information content (AvgIpc) is 3.23. The molecule has 0 aliphatic rings. The van der Waals surface area contributed by atoms with Crippen LogP contribution in [0, 0.1) is 6.92 Å². The SMILES string of the molecule is COc1ccccc1-n1cc([C@H](C)NC(=O)c2ccoc2C)cn1. The minimum absolute atomic E-state index is 0.168. The molecule has 3 rings (SSSR count). The Morgan fingerprint density at radius 1 is 1.33 bits per heavy atom. The normalized spacial score (nSPS) is 12.0. The van der Waals surface area contributed by atoms with Crippen molar-refractivity contribution in [1.82, 2.24) is 15.1 Å². The molecule has 0 unspecified atom stereocenters. The van der Waals surface area contributed by atoms with Gasteiger partial charge in [-0.15, -0.1) is 0 Å². The molecule has 0 aliphatic carbocycles. The largest absolute Gasteiger partial charge is 0.494 e. The topological polar surface area (TPSA) is 69.3 Å². The molecule has 0 fully saturated rings. The van der Waals surface area contributed by atoms with Crippen LogP contribution in [0.5, 0.6) is 5.75 Å². The zero-order valence-electron chi connectivity index (χ0n) is 13.8. The van der Waals surface area contributed by atoms with Crippen molar-refractivity contribution in [2.24, 2.45) is 0 Å². The van der Waals surface area contributed by atoms with Gasteiger partial charge in [-0.2, -0.15) is 5.10 Å². The monoisotopic (exact) mass is 325 g/mol. The molecule has 24 heavy (non-hydrogen) atoms. The number of ether oxygens (including phenoxy) is 1. The molecule has 0 aliphatic heterocycles. The Labute approximate surface area is 140 Å². The molecule has 6 heteroatoms. The Hall–Kier alpha value is -3.02. The van der Waals surface area contributed by atoms with Gasteiger partial charge >= 0.3 is 0 Å². The zero-order valence-corrected chi connectivity index (χ0v) is 13.8. The number of benzene rings is 1. The maximum absolute atomic E-state index is 12.3. The summed E-state index contributed by atoms with van der Waals surface area (Å²) in [6.07, 6.45) is 5.12. The van der Waals surface area contributed by atoms with Crippen LogP contribution in [0.1, 0.15) is 34.6 Å². The number of hydrogen-bond donors (Lipinski definition) is 1. The Bertz CT molecular complexity index is 851. The summed E-state index contributed by atoms with van der Waals surface area (Å²) in [7, 11) is 1.62. The molecule has 3 aromatic rings. The number of furan rings is 1. The molecule has 1 atom stereocenters. The number of aryl methyl sites for hydroxylation is 1. The second kappa shape index (κ2) is 6.62. The van der Waals surface area contributed by atoms with E-state index in [4.69, 9.17) is 9.15 Å². The lowest BCUT2D eigenvalue weighted by molar-refractivity contribution is 0.0938. The second-order valence-corrected chi connectivity index (χ2v) is 5.48. The van der Waals surface area contributed by atoms with Crippen LogP contribution in [0.3, 0.4) is 0 Å². The summed E-state index contributed by atoms with van der Waals surface area (Å²) in [6.45, 7) is 3.68. The number of rotatable bonds is 5. The highest BCUT2D eigenvalue weighted by atomic mass is 16.5. The van der Waals surface area contributed by atoms with Crippen molar-refractivity contribution in [3.8, 4) is 11.4 Å². The number of carbonyl (C=O) groups is 1. The van der Waals surface area contributed by atoms with Crippen LogP contribution >= 0.6 is 0 Å². The fourth-order valence-electron chi connectivity index (χ4n) is 2.49. The van der Waals surface area contributed by atoms with Gasteiger partial charge in [0.1, 0.15) is 17.2 Å². The molecule has 2 heterocycles. The number of nitrogens with zero attached hydrogens (tertiary/aromatic N) is 2. The van der Waals surface area contributed by atoms with Crippen molar-refractivity contribution in [3.63, 3.8) is 0 Å². The highest BCUT2D eigenvalue weighted by Crippen LogP contribution is 2.23. The Morgan fingerprint density at radius 2 is 2.12 bits per heavy atom. The third kappa shape index (κ3) is 3.03. The molecule has 0 bridgehead atoms. The van der Waals surface area contributed by atoms with Gasteiger partial charge in [0.2, 0.25) is 0 Å². The lowest BCUT2D eigenvalue weighted by Gasteiger charge is -2.12. The molecular formula is C18H19N3O3. The van der Waals surface area contributed by atoms with E-state index in [1.54, 1.807) is 31.0 Å². The van der Waals surface area contributed by atoms with Crippen molar-refractivity contribution in [3.05, 3.63) is 65.9 Å². The number of methoxy groups -OCH3 is 1. The van der Waals surface area contributed by atoms with Gasteiger partial charge in [-0.05, 0) is 32.0 Å². The number of amides is 1. The summed E-state index contributed by atoms with van der Waals surface area (Å²) < 4.78 is 12.3. The predicted octanol–water partition coefficient (Wildman–Crippen LogP) is 3.27. The van der Waals surface area contributed by atoms with E-state index in [1.165, 1.54) is 6.26 Å². The summed E-state index contributed by atoms with van der Waals surface area (Å²) in [6, 6.07) is 9.11. The van der Waals surface area contributed by atoms with Gasteiger partial charge in [-0.3, -0.25) is 4.79 Å². The van der Waals surface area contributed by atoms with E-state index in [0.29, 0.717) is 11.3 Å². The minimum Gasteiger partial charge on any atom is -0.494 e. The first-order valence-electron chi connectivity index (χ1n) is 7.63. The van der Waals surface area contributed by atoms with E-state index in [-0.39, 0.29) is 11.9 Å². The third-order valence-corrected chi connectivity index (χ3v) is 3.89. The number of para-hydroxylation sites is 2. The number of hydrogen-bond acceptors (Lipinski definition) is 4. The van der Waals surface area contributed by atoms with E-state index >= 15 is 0 Å². The summed E-state index contributed by atoms with van der Waals surface area (Å²) in [5.41, 5.74) is 2.28. The van der Waals surface area contributed by atoms with E-state index in [1.807, 2.05) is 37.4 Å².